The minimum absolute atomic E-state index is 0.305. The minimum atomic E-state index is -1.58. The van der Waals surface area contributed by atoms with Gasteiger partial charge in [-0.05, 0) is 43.1 Å². The van der Waals surface area contributed by atoms with E-state index in [-0.39, 0.29) is 0 Å². The van der Waals surface area contributed by atoms with Crippen LogP contribution < -0.4 is 9.47 Å². The first-order chi connectivity index (χ1) is 17.1. The zero-order valence-electron chi connectivity index (χ0n) is 24.2. The number of ether oxygens (including phenoxy) is 3. The molecular weight excluding hydrogens is 468 g/mol. The molecule has 36 heavy (non-hydrogen) atoms. The van der Waals surface area contributed by atoms with Crippen molar-refractivity contribution in [1.29, 1.82) is 0 Å². The Bertz CT molecular complexity index is 820. The number of methoxy groups -OCH3 is 3. The van der Waals surface area contributed by atoms with Crippen LogP contribution in [0.5, 0.6) is 11.5 Å². The van der Waals surface area contributed by atoms with E-state index in [9.17, 15) is 4.79 Å². The van der Waals surface area contributed by atoms with Crippen molar-refractivity contribution in [3.8, 4) is 23.3 Å². The fraction of sp³-hybridized carbons (Fsp3) is 0.700. The van der Waals surface area contributed by atoms with E-state index >= 15 is 0 Å². The predicted molar refractivity (Wildman–Crippen MR) is 152 cm³/mol. The molecule has 0 fully saturated rings. The number of benzene rings is 1. The van der Waals surface area contributed by atoms with E-state index in [1.54, 1.807) is 26.4 Å². The third kappa shape index (κ3) is 11.4. The lowest BCUT2D eigenvalue weighted by atomic mass is 10.1. The highest BCUT2D eigenvalue weighted by Gasteiger charge is 2.36. The summed E-state index contributed by atoms with van der Waals surface area (Å²) in [4.78, 5) is 11.8. The van der Waals surface area contributed by atoms with E-state index in [4.69, 9.17) is 18.6 Å². The van der Waals surface area contributed by atoms with Crippen LogP contribution in [-0.4, -0.2) is 42.2 Å². The number of unbranched alkanes of at least 4 members (excludes halogenated alkanes) is 10. The molecule has 0 radical (unpaired) electrons. The first-order valence-corrected chi connectivity index (χ1v) is 16.5. The van der Waals surface area contributed by atoms with Crippen molar-refractivity contribution < 1.29 is 23.4 Å². The Labute approximate surface area is 221 Å². The largest absolute Gasteiger partial charge is 0.495 e. The lowest BCUT2D eigenvalue weighted by Gasteiger charge is -2.36. The van der Waals surface area contributed by atoms with Gasteiger partial charge in [0.25, 0.3) is 0 Å². The van der Waals surface area contributed by atoms with E-state index in [0.29, 0.717) is 27.7 Å². The Morgan fingerprint density at radius 2 is 1.28 bits per heavy atom. The van der Waals surface area contributed by atoms with Gasteiger partial charge in [-0.2, -0.15) is 0 Å². The van der Waals surface area contributed by atoms with Crippen molar-refractivity contribution in [2.45, 2.75) is 110 Å². The monoisotopic (exact) mass is 518 g/mol. The molecule has 204 valence electrons. The van der Waals surface area contributed by atoms with Crippen molar-refractivity contribution in [3.63, 3.8) is 0 Å². The van der Waals surface area contributed by atoms with Gasteiger partial charge < -0.3 is 18.6 Å². The highest BCUT2D eigenvalue weighted by molar-refractivity contribution is 6.74. The molecule has 0 bridgehead atoms. The first kappa shape index (κ1) is 32.1. The fourth-order valence-electron chi connectivity index (χ4n) is 3.70. The highest BCUT2D eigenvalue weighted by atomic mass is 28.4. The van der Waals surface area contributed by atoms with Crippen LogP contribution in [0.3, 0.4) is 0 Å². The molecule has 0 N–H and O–H groups in total. The average molecular weight is 519 g/mol. The van der Waals surface area contributed by atoms with E-state index in [2.05, 4.69) is 45.7 Å². The smallest absolute Gasteiger partial charge is 0.338 e. The lowest BCUT2D eigenvalue weighted by molar-refractivity contribution is 0.0600. The Kier molecular flexibility index (Phi) is 14.9. The highest BCUT2D eigenvalue weighted by Crippen LogP contribution is 2.36. The van der Waals surface area contributed by atoms with Crippen LogP contribution in [0.4, 0.5) is 0 Å². The summed E-state index contributed by atoms with van der Waals surface area (Å²) in [6, 6.07) is 3.28. The number of esters is 1. The molecule has 1 aromatic rings. The van der Waals surface area contributed by atoms with E-state index in [1.807, 2.05) is 0 Å². The van der Waals surface area contributed by atoms with Crippen LogP contribution in [-0.2, 0) is 9.16 Å². The molecule has 0 unspecified atom stereocenters. The number of carbonyl (C=O) groups excluding carboxylic acids is 1. The summed E-state index contributed by atoms with van der Waals surface area (Å²) >= 11 is 0. The van der Waals surface area contributed by atoms with Crippen molar-refractivity contribution in [1.82, 2.24) is 0 Å². The Hall–Kier alpha value is -1.97. The van der Waals surface area contributed by atoms with Gasteiger partial charge in [0.2, 0.25) is 0 Å². The van der Waals surface area contributed by atoms with Gasteiger partial charge in [0, 0.05) is 13.0 Å². The van der Waals surface area contributed by atoms with E-state index in [0.717, 1.165) is 19.4 Å². The molecule has 0 amide bonds. The quantitative estimate of drug-likeness (QED) is 0.0956. The molecule has 0 aromatic heterocycles. The molecule has 1 aromatic carbocycles. The number of hydrogen-bond donors (Lipinski definition) is 0. The maximum atomic E-state index is 11.8. The Morgan fingerprint density at radius 1 is 0.806 bits per heavy atom. The second-order valence-corrected chi connectivity index (χ2v) is 15.8. The molecule has 0 spiro atoms. The van der Waals surface area contributed by atoms with Gasteiger partial charge in [0.05, 0.1) is 26.9 Å². The second-order valence-electron chi connectivity index (χ2n) is 10.9. The lowest BCUT2D eigenvalue weighted by Crippen LogP contribution is -2.40. The van der Waals surface area contributed by atoms with Gasteiger partial charge in [-0.25, -0.2) is 4.79 Å². The van der Waals surface area contributed by atoms with Crippen LogP contribution in [0, 0.1) is 11.8 Å². The molecular formula is C30H50O5Si. The van der Waals surface area contributed by atoms with Gasteiger partial charge in [-0.1, -0.05) is 84.0 Å². The van der Waals surface area contributed by atoms with Crippen molar-refractivity contribution in [2.24, 2.45) is 0 Å². The fourth-order valence-corrected chi connectivity index (χ4v) is 4.78. The van der Waals surface area contributed by atoms with Gasteiger partial charge in [0.15, 0.2) is 8.32 Å². The molecule has 5 nitrogen and oxygen atoms in total. The molecule has 0 saturated heterocycles. The maximum Gasteiger partial charge on any atom is 0.338 e. The van der Waals surface area contributed by atoms with Gasteiger partial charge in [0.1, 0.15) is 17.1 Å². The van der Waals surface area contributed by atoms with Crippen LogP contribution in [0.2, 0.25) is 18.1 Å². The van der Waals surface area contributed by atoms with Crippen LogP contribution in [0.25, 0.3) is 0 Å². The summed E-state index contributed by atoms with van der Waals surface area (Å²) in [6.45, 7) is 12.5. The molecule has 0 saturated carbocycles. The van der Waals surface area contributed by atoms with Gasteiger partial charge in [-0.3, -0.25) is 0 Å². The number of hydrogen-bond acceptors (Lipinski definition) is 5. The molecule has 0 heterocycles. The van der Waals surface area contributed by atoms with Crippen LogP contribution in [0.15, 0.2) is 12.1 Å². The molecule has 0 aliphatic heterocycles. The number of rotatable bonds is 16. The molecule has 0 aliphatic carbocycles. The zero-order valence-corrected chi connectivity index (χ0v) is 25.2. The van der Waals surface area contributed by atoms with Crippen molar-refractivity contribution >= 4 is 14.3 Å². The third-order valence-electron chi connectivity index (χ3n) is 7.11. The average Bonchev–Trinajstić information content (AvgIpc) is 2.84. The topological polar surface area (TPSA) is 54.0 Å². The normalized spacial score (nSPS) is 11.6. The van der Waals surface area contributed by atoms with Gasteiger partial charge >= 0.3 is 5.97 Å². The van der Waals surface area contributed by atoms with E-state index in [1.165, 1.54) is 64.9 Å². The van der Waals surface area contributed by atoms with E-state index < -0.39 is 14.3 Å². The van der Waals surface area contributed by atoms with Crippen LogP contribution in [0.1, 0.15) is 107 Å². The summed E-state index contributed by atoms with van der Waals surface area (Å²) in [5.41, 5.74) is 1.05. The third-order valence-corrected chi connectivity index (χ3v) is 11.6. The second kappa shape index (κ2) is 16.7. The summed E-state index contributed by atoms with van der Waals surface area (Å²) in [6.07, 6.45) is 13.5. The molecule has 0 aliphatic rings. The van der Waals surface area contributed by atoms with Crippen molar-refractivity contribution in [2.75, 3.05) is 27.9 Å². The summed E-state index contributed by atoms with van der Waals surface area (Å²) in [5, 5.41) is 0.305. The standard InChI is InChI=1S/C30H50O5Si/c1-30(2,3)36(7,8)35-22-20-18-16-14-12-10-9-11-13-15-17-19-21-26-27(32-4)23-25(29(31)34-6)24-28(26)33-5/h23-24H,9-18,20,22H2,1-8H3. The first-order valence-electron chi connectivity index (χ1n) is 13.5. The summed E-state index contributed by atoms with van der Waals surface area (Å²) in [5.74, 6) is 7.00. The maximum absolute atomic E-state index is 11.8. The zero-order chi connectivity index (χ0) is 27.0. The Balaban J connectivity index is 2.18. The molecule has 1 rings (SSSR count). The summed E-state index contributed by atoms with van der Waals surface area (Å²) in [7, 11) is 2.90. The summed E-state index contributed by atoms with van der Waals surface area (Å²) < 4.78 is 21.9. The molecule has 6 heteroatoms. The van der Waals surface area contributed by atoms with Gasteiger partial charge in [-0.15, -0.1) is 0 Å². The van der Waals surface area contributed by atoms with Crippen LogP contribution >= 0.6 is 0 Å². The number of carbonyl (C=O) groups is 1. The SMILES string of the molecule is COC(=O)c1cc(OC)c(C#CCCCCCCCCCCCCO[Si](C)(C)C(C)(C)C)c(OC)c1. The predicted octanol–water partition coefficient (Wildman–Crippen LogP) is 8.15. The minimum Gasteiger partial charge on any atom is -0.495 e. The Morgan fingerprint density at radius 3 is 1.72 bits per heavy atom. The van der Waals surface area contributed by atoms with Crippen molar-refractivity contribution in [3.05, 3.63) is 23.3 Å². The molecule has 0 atom stereocenters.